The Morgan fingerprint density at radius 1 is 1.24 bits per heavy atom. The van der Waals surface area contributed by atoms with Gasteiger partial charge in [-0.25, -0.2) is 0 Å². The second-order valence-corrected chi connectivity index (χ2v) is 5.22. The largest absolute Gasteiger partial charge is 0.355 e. The smallest absolute Gasteiger partial charge is 0.220 e. The van der Waals surface area contributed by atoms with E-state index in [1.54, 1.807) is 0 Å². The van der Waals surface area contributed by atoms with Crippen molar-refractivity contribution in [2.75, 3.05) is 13.1 Å². The summed E-state index contributed by atoms with van der Waals surface area (Å²) in [6.07, 6.45) is 3.63. The summed E-state index contributed by atoms with van der Waals surface area (Å²) in [5.41, 5.74) is 6.65. The number of benzene rings is 1. The molecular weight excluding hydrogens is 327 g/mol. The van der Waals surface area contributed by atoms with Gasteiger partial charge in [-0.15, -0.1) is 0 Å². The number of unbranched alkanes of at least 4 members (excludes halogenated alkanes) is 1. The Morgan fingerprint density at radius 3 is 2.59 bits per heavy atom. The third-order valence-corrected chi connectivity index (χ3v) is 3.22. The normalized spacial score (nSPS) is 10.2. The summed E-state index contributed by atoms with van der Waals surface area (Å²) >= 11 is 2.30. The van der Waals surface area contributed by atoms with Crippen LogP contribution in [0.5, 0.6) is 0 Å². The average Bonchev–Trinajstić information content (AvgIpc) is 2.34. The number of carbonyl (C=O) groups is 1. The second kappa shape index (κ2) is 8.47. The summed E-state index contributed by atoms with van der Waals surface area (Å²) in [7, 11) is 0. The van der Waals surface area contributed by atoms with Gasteiger partial charge >= 0.3 is 0 Å². The number of rotatable bonds is 7. The van der Waals surface area contributed by atoms with Crippen molar-refractivity contribution in [1.29, 1.82) is 0 Å². The van der Waals surface area contributed by atoms with E-state index in [2.05, 4.69) is 52.2 Å². The first-order valence-corrected chi connectivity index (χ1v) is 7.01. The van der Waals surface area contributed by atoms with Crippen molar-refractivity contribution in [3.8, 4) is 0 Å². The van der Waals surface area contributed by atoms with Crippen molar-refractivity contribution in [2.24, 2.45) is 5.73 Å². The predicted molar refractivity (Wildman–Crippen MR) is 78.8 cm³/mol. The fraction of sp³-hybridized carbons (Fsp3) is 0.462. The van der Waals surface area contributed by atoms with Gasteiger partial charge in [0.1, 0.15) is 0 Å². The molecule has 3 nitrogen and oxygen atoms in total. The molecule has 1 amide bonds. The molecule has 94 valence electrons. The highest BCUT2D eigenvalue weighted by Gasteiger charge is 2.00. The molecule has 0 unspecified atom stereocenters. The van der Waals surface area contributed by atoms with E-state index in [-0.39, 0.29) is 5.91 Å². The van der Waals surface area contributed by atoms with Crippen LogP contribution in [0.4, 0.5) is 0 Å². The van der Waals surface area contributed by atoms with Crippen molar-refractivity contribution in [3.05, 3.63) is 33.4 Å². The molecule has 4 heteroatoms. The van der Waals surface area contributed by atoms with Crippen LogP contribution in [0, 0.1) is 3.57 Å². The van der Waals surface area contributed by atoms with Crippen LogP contribution in [0.3, 0.4) is 0 Å². The summed E-state index contributed by atoms with van der Waals surface area (Å²) in [6.45, 7) is 1.09. The van der Waals surface area contributed by atoms with Crippen LogP contribution in [-0.2, 0) is 11.2 Å². The monoisotopic (exact) mass is 346 g/mol. The lowest BCUT2D eigenvalue weighted by Gasteiger charge is -2.04. The number of aryl methyl sites for hydroxylation is 1. The molecule has 17 heavy (non-hydrogen) atoms. The second-order valence-electron chi connectivity index (χ2n) is 3.97. The molecule has 0 heterocycles. The van der Waals surface area contributed by atoms with Gasteiger partial charge in [0.25, 0.3) is 0 Å². The number of amides is 1. The third-order valence-electron chi connectivity index (χ3n) is 2.50. The first kappa shape index (κ1) is 14.4. The lowest BCUT2D eigenvalue weighted by Crippen LogP contribution is -2.28. The van der Waals surface area contributed by atoms with E-state index in [0.29, 0.717) is 19.5 Å². The van der Waals surface area contributed by atoms with Gasteiger partial charge in [0.15, 0.2) is 0 Å². The van der Waals surface area contributed by atoms with Gasteiger partial charge in [0.2, 0.25) is 5.91 Å². The third kappa shape index (κ3) is 6.63. The molecule has 0 saturated heterocycles. The molecule has 0 fully saturated rings. The SMILES string of the molecule is NCCNC(=O)CCCCc1ccc(I)cc1. The van der Waals surface area contributed by atoms with Gasteiger partial charge < -0.3 is 11.1 Å². The summed E-state index contributed by atoms with van der Waals surface area (Å²) in [4.78, 5) is 11.3. The molecule has 0 saturated carbocycles. The lowest BCUT2D eigenvalue weighted by molar-refractivity contribution is -0.121. The van der Waals surface area contributed by atoms with Gasteiger partial charge in [-0.3, -0.25) is 4.79 Å². The van der Waals surface area contributed by atoms with E-state index >= 15 is 0 Å². The first-order chi connectivity index (χ1) is 8.22. The predicted octanol–water partition coefficient (Wildman–Crippen LogP) is 2.08. The summed E-state index contributed by atoms with van der Waals surface area (Å²) in [5, 5.41) is 2.77. The Bertz CT molecular complexity index is 338. The molecule has 0 aromatic heterocycles. The van der Waals surface area contributed by atoms with Gasteiger partial charge in [-0.1, -0.05) is 12.1 Å². The molecule has 1 aromatic carbocycles. The van der Waals surface area contributed by atoms with Gasteiger partial charge in [-0.05, 0) is 59.5 Å². The van der Waals surface area contributed by atoms with Crippen LogP contribution < -0.4 is 11.1 Å². The maximum Gasteiger partial charge on any atom is 0.220 e. The van der Waals surface area contributed by atoms with Crippen LogP contribution in [0.15, 0.2) is 24.3 Å². The molecular formula is C13H19IN2O. The molecule has 1 aromatic rings. The highest BCUT2D eigenvalue weighted by Crippen LogP contribution is 2.10. The maximum absolute atomic E-state index is 11.3. The van der Waals surface area contributed by atoms with Crippen molar-refractivity contribution in [2.45, 2.75) is 25.7 Å². The number of carbonyl (C=O) groups excluding carboxylic acids is 1. The van der Waals surface area contributed by atoms with E-state index in [1.165, 1.54) is 9.13 Å². The topological polar surface area (TPSA) is 55.1 Å². The molecule has 0 aliphatic rings. The summed E-state index contributed by atoms with van der Waals surface area (Å²) in [6, 6.07) is 8.53. The summed E-state index contributed by atoms with van der Waals surface area (Å²) < 4.78 is 1.26. The summed E-state index contributed by atoms with van der Waals surface area (Å²) in [5.74, 6) is 0.109. The molecule has 0 bridgehead atoms. The van der Waals surface area contributed by atoms with Crippen molar-refractivity contribution in [3.63, 3.8) is 0 Å². The standard InChI is InChI=1S/C13H19IN2O/c14-12-7-5-11(6-8-12)3-1-2-4-13(17)16-10-9-15/h5-8H,1-4,9-10,15H2,(H,16,17). The number of hydrogen-bond donors (Lipinski definition) is 2. The van der Waals surface area contributed by atoms with Crippen molar-refractivity contribution >= 4 is 28.5 Å². The van der Waals surface area contributed by atoms with E-state index in [9.17, 15) is 4.79 Å². The zero-order valence-electron chi connectivity index (χ0n) is 9.92. The lowest BCUT2D eigenvalue weighted by atomic mass is 10.1. The number of hydrogen-bond acceptors (Lipinski definition) is 2. The highest BCUT2D eigenvalue weighted by molar-refractivity contribution is 14.1. The average molecular weight is 346 g/mol. The Kier molecular flexibility index (Phi) is 7.19. The van der Waals surface area contributed by atoms with Crippen molar-refractivity contribution in [1.82, 2.24) is 5.32 Å². The maximum atomic E-state index is 11.3. The van der Waals surface area contributed by atoms with E-state index in [1.807, 2.05) is 0 Å². The molecule has 0 spiro atoms. The Hall–Kier alpha value is -0.620. The molecule has 1 rings (SSSR count). The molecule has 0 aliphatic carbocycles. The van der Waals surface area contributed by atoms with Gasteiger partial charge in [0, 0.05) is 23.1 Å². The Morgan fingerprint density at radius 2 is 1.94 bits per heavy atom. The number of halogens is 1. The van der Waals surface area contributed by atoms with Crippen LogP contribution in [0.25, 0.3) is 0 Å². The Labute approximate surface area is 116 Å². The fourth-order valence-electron chi connectivity index (χ4n) is 1.57. The van der Waals surface area contributed by atoms with Crippen LogP contribution in [-0.4, -0.2) is 19.0 Å². The minimum absolute atomic E-state index is 0.109. The highest BCUT2D eigenvalue weighted by atomic mass is 127. The first-order valence-electron chi connectivity index (χ1n) is 5.93. The zero-order chi connectivity index (χ0) is 12.5. The van der Waals surface area contributed by atoms with Crippen LogP contribution in [0.1, 0.15) is 24.8 Å². The molecule has 0 radical (unpaired) electrons. The molecule has 3 N–H and O–H groups in total. The number of nitrogens with one attached hydrogen (secondary N) is 1. The minimum Gasteiger partial charge on any atom is -0.355 e. The number of nitrogens with two attached hydrogens (primary N) is 1. The van der Waals surface area contributed by atoms with Crippen LogP contribution >= 0.6 is 22.6 Å². The Balaban J connectivity index is 2.11. The quantitative estimate of drug-likeness (QED) is 0.587. The molecule has 0 aliphatic heterocycles. The van der Waals surface area contributed by atoms with E-state index < -0.39 is 0 Å². The van der Waals surface area contributed by atoms with E-state index in [0.717, 1.165) is 19.3 Å². The zero-order valence-corrected chi connectivity index (χ0v) is 12.1. The minimum atomic E-state index is 0.109. The van der Waals surface area contributed by atoms with Crippen LogP contribution in [0.2, 0.25) is 0 Å². The molecule has 0 atom stereocenters. The fourth-order valence-corrected chi connectivity index (χ4v) is 1.93. The van der Waals surface area contributed by atoms with Gasteiger partial charge in [-0.2, -0.15) is 0 Å². The van der Waals surface area contributed by atoms with Crippen molar-refractivity contribution < 1.29 is 4.79 Å². The van der Waals surface area contributed by atoms with E-state index in [4.69, 9.17) is 5.73 Å². The van der Waals surface area contributed by atoms with Gasteiger partial charge in [0.05, 0.1) is 0 Å².